The zero-order valence-electron chi connectivity index (χ0n) is 7.06. The van der Waals surface area contributed by atoms with E-state index in [1.54, 1.807) is 12.1 Å². The first-order valence-electron chi connectivity index (χ1n) is 3.83. The number of thiol groups is 1. The predicted octanol–water partition coefficient (Wildman–Crippen LogP) is 2.05. The van der Waals surface area contributed by atoms with E-state index in [1.165, 1.54) is 4.90 Å². The SMILES string of the molecule is C[SH]1C=Nc2cc(C(=O)O)ccc21. The van der Waals surface area contributed by atoms with Crippen LogP contribution >= 0.6 is 10.9 Å². The molecular formula is C9H9NO2S. The largest absolute Gasteiger partial charge is 0.478 e. The van der Waals surface area contributed by atoms with E-state index in [4.69, 9.17) is 5.11 Å². The Kier molecular flexibility index (Phi) is 1.84. The number of hydrogen-bond donors (Lipinski definition) is 2. The summed E-state index contributed by atoms with van der Waals surface area (Å²) in [7, 11) is -0.297. The minimum Gasteiger partial charge on any atom is -0.478 e. The molecule has 3 nitrogen and oxygen atoms in total. The summed E-state index contributed by atoms with van der Waals surface area (Å²) >= 11 is 0. The second kappa shape index (κ2) is 2.88. The Bertz CT molecular complexity index is 401. The van der Waals surface area contributed by atoms with Crippen molar-refractivity contribution in [2.75, 3.05) is 6.26 Å². The summed E-state index contributed by atoms with van der Waals surface area (Å²) < 4.78 is 0. The van der Waals surface area contributed by atoms with Gasteiger partial charge in [-0.15, -0.1) is 0 Å². The molecule has 1 aliphatic heterocycles. The summed E-state index contributed by atoms with van der Waals surface area (Å²) in [4.78, 5) is 16.0. The summed E-state index contributed by atoms with van der Waals surface area (Å²) in [6.07, 6.45) is 2.10. The Hall–Kier alpha value is -1.29. The number of hydrogen-bond acceptors (Lipinski definition) is 2. The summed E-state index contributed by atoms with van der Waals surface area (Å²) in [6.45, 7) is 0. The molecule has 1 atom stereocenters. The maximum absolute atomic E-state index is 10.6. The van der Waals surface area contributed by atoms with E-state index in [0.717, 1.165) is 5.69 Å². The molecule has 68 valence electrons. The molecule has 0 aliphatic carbocycles. The molecule has 0 saturated heterocycles. The highest BCUT2D eigenvalue weighted by Crippen LogP contribution is 2.43. The van der Waals surface area contributed by atoms with Crippen LogP contribution in [-0.4, -0.2) is 22.9 Å². The lowest BCUT2D eigenvalue weighted by molar-refractivity contribution is 0.0697. The van der Waals surface area contributed by atoms with Crippen LogP contribution in [0.4, 0.5) is 5.69 Å². The summed E-state index contributed by atoms with van der Waals surface area (Å²) in [5, 5.41) is 8.74. The molecule has 1 unspecified atom stereocenters. The molecule has 0 fully saturated rings. The van der Waals surface area contributed by atoms with Crippen molar-refractivity contribution in [3.63, 3.8) is 0 Å². The summed E-state index contributed by atoms with van der Waals surface area (Å²) in [5.74, 6) is -0.898. The standard InChI is InChI=1S/C9H9NO2S/c1-13-5-10-7-4-6(9(11)12)2-3-8(7)13/h2-5,13H,1H3,(H,11,12). The second-order valence-corrected chi connectivity index (χ2v) is 4.80. The third-order valence-corrected chi connectivity index (χ3v) is 3.57. The molecule has 0 amide bonds. The number of benzene rings is 1. The summed E-state index contributed by atoms with van der Waals surface area (Å²) in [6, 6.07) is 5.12. The molecule has 13 heavy (non-hydrogen) atoms. The Morgan fingerprint density at radius 2 is 2.31 bits per heavy atom. The predicted molar refractivity (Wildman–Crippen MR) is 54.7 cm³/mol. The summed E-state index contributed by atoms with van der Waals surface area (Å²) in [5.41, 5.74) is 3.01. The van der Waals surface area contributed by atoms with Gasteiger partial charge >= 0.3 is 5.97 Å². The molecule has 2 rings (SSSR count). The van der Waals surface area contributed by atoms with Gasteiger partial charge in [0, 0.05) is 10.4 Å². The number of rotatable bonds is 1. The fraction of sp³-hybridized carbons (Fsp3) is 0.111. The molecule has 0 radical (unpaired) electrons. The number of aliphatic imine (C=N–C) groups is 1. The van der Waals surface area contributed by atoms with Crippen LogP contribution in [0.25, 0.3) is 0 Å². The van der Waals surface area contributed by atoms with Crippen molar-refractivity contribution in [1.29, 1.82) is 0 Å². The molecule has 1 heterocycles. The molecule has 0 aromatic heterocycles. The van der Waals surface area contributed by atoms with Crippen LogP contribution in [0.1, 0.15) is 10.4 Å². The average molecular weight is 195 g/mol. The van der Waals surface area contributed by atoms with Crippen LogP contribution in [0.5, 0.6) is 0 Å². The normalized spacial score (nSPS) is 21.5. The third kappa shape index (κ3) is 1.33. The third-order valence-electron chi connectivity index (χ3n) is 1.97. The molecule has 1 aromatic carbocycles. The van der Waals surface area contributed by atoms with Gasteiger partial charge in [-0.1, -0.05) is 0 Å². The van der Waals surface area contributed by atoms with Crippen molar-refractivity contribution in [1.82, 2.24) is 0 Å². The fourth-order valence-electron chi connectivity index (χ4n) is 1.27. The van der Waals surface area contributed by atoms with E-state index in [-0.39, 0.29) is 10.9 Å². The van der Waals surface area contributed by atoms with Gasteiger partial charge in [-0.2, -0.15) is 10.9 Å². The Morgan fingerprint density at radius 3 is 3.00 bits per heavy atom. The van der Waals surface area contributed by atoms with Gasteiger partial charge in [0.2, 0.25) is 0 Å². The van der Waals surface area contributed by atoms with Gasteiger partial charge in [-0.3, -0.25) is 4.99 Å². The van der Waals surface area contributed by atoms with Crippen LogP contribution in [0.3, 0.4) is 0 Å². The van der Waals surface area contributed by atoms with Crippen molar-refractivity contribution < 1.29 is 9.90 Å². The highest BCUT2D eigenvalue weighted by atomic mass is 32.2. The zero-order valence-corrected chi connectivity index (χ0v) is 7.95. The average Bonchev–Trinajstić information content (AvgIpc) is 2.47. The number of nitrogens with zero attached hydrogens (tertiary/aromatic N) is 1. The van der Waals surface area contributed by atoms with Gasteiger partial charge in [-0.05, 0) is 24.5 Å². The first-order chi connectivity index (χ1) is 6.18. The van der Waals surface area contributed by atoms with Crippen molar-refractivity contribution in [2.24, 2.45) is 4.99 Å². The van der Waals surface area contributed by atoms with Crippen LogP contribution in [0, 0.1) is 0 Å². The quantitative estimate of drug-likeness (QED) is 0.674. The van der Waals surface area contributed by atoms with E-state index in [0.29, 0.717) is 5.56 Å². The van der Waals surface area contributed by atoms with Gasteiger partial charge in [0.05, 0.1) is 11.3 Å². The minimum atomic E-state index is -0.898. The minimum absolute atomic E-state index is 0.297. The van der Waals surface area contributed by atoms with Crippen molar-refractivity contribution in [2.45, 2.75) is 4.90 Å². The van der Waals surface area contributed by atoms with Crippen LogP contribution < -0.4 is 0 Å². The zero-order chi connectivity index (χ0) is 9.42. The highest BCUT2D eigenvalue weighted by molar-refractivity contribution is 8.28. The number of fused-ring (bicyclic) bond motifs is 1. The maximum Gasteiger partial charge on any atom is 0.335 e. The molecule has 0 spiro atoms. The Labute approximate surface area is 78.5 Å². The van der Waals surface area contributed by atoms with Gasteiger partial charge in [0.25, 0.3) is 0 Å². The smallest absolute Gasteiger partial charge is 0.335 e. The monoisotopic (exact) mass is 195 g/mol. The lowest BCUT2D eigenvalue weighted by Crippen LogP contribution is -1.94. The van der Waals surface area contributed by atoms with E-state index in [1.807, 2.05) is 11.6 Å². The molecule has 1 aromatic rings. The van der Waals surface area contributed by atoms with Crippen molar-refractivity contribution in [3.05, 3.63) is 23.8 Å². The lowest BCUT2D eigenvalue weighted by atomic mass is 10.2. The second-order valence-electron chi connectivity index (χ2n) is 2.86. The van der Waals surface area contributed by atoms with Crippen molar-refractivity contribution in [3.8, 4) is 0 Å². The lowest BCUT2D eigenvalue weighted by Gasteiger charge is -2.05. The molecule has 0 saturated carbocycles. The van der Waals surface area contributed by atoms with Crippen LogP contribution in [0.15, 0.2) is 28.1 Å². The van der Waals surface area contributed by atoms with E-state index in [9.17, 15) is 4.79 Å². The van der Waals surface area contributed by atoms with Gasteiger partial charge in [0.1, 0.15) is 0 Å². The number of aromatic carboxylic acids is 1. The topological polar surface area (TPSA) is 49.7 Å². The van der Waals surface area contributed by atoms with Crippen LogP contribution in [-0.2, 0) is 0 Å². The first kappa shape index (κ1) is 8.31. The van der Waals surface area contributed by atoms with E-state index in [2.05, 4.69) is 11.2 Å². The molecular weight excluding hydrogens is 186 g/mol. The molecule has 4 heteroatoms. The first-order valence-corrected chi connectivity index (χ1v) is 5.68. The maximum atomic E-state index is 10.6. The van der Waals surface area contributed by atoms with Gasteiger partial charge in [0.15, 0.2) is 0 Å². The number of carboxylic acid groups (broad SMARTS) is 1. The Morgan fingerprint density at radius 1 is 1.54 bits per heavy atom. The van der Waals surface area contributed by atoms with E-state index >= 15 is 0 Å². The fourth-order valence-corrected chi connectivity index (χ4v) is 2.48. The molecule has 0 bridgehead atoms. The van der Waals surface area contributed by atoms with Gasteiger partial charge in [-0.25, -0.2) is 4.79 Å². The van der Waals surface area contributed by atoms with Gasteiger partial charge < -0.3 is 5.11 Å². The highest BCUT2D eigenvalue weighted by Gasteiger charge is 2.13. The molecule has 1 aliphatic rings. The van der Waals surface area contributed by atoms with E-state index < -0.39 is 5.97 Å². The van der Waals surface area contributed by atoms with Crippen LogP contribution in [0.2, 0.25) is 0 Å². The Balaban J connectivity index is 2.50. The number of carboxylic acids is 1. The molecule has 1 N–H and O–H groups in total. The van der Waals surface area contributed by atoms with Crippen molar-refractivity contribution >= 4 is 28.1 Å². The number of carbonyl (C=O) groups is 1.